The minimum atomic E-state index is -0.287. The van der Waals surface area contributed by atoms with Crippen LogP contribution in [0.4, 0.5) is 0 Å². The Morgan fingerprint density at radius 2 is 1.63 bits per heavy atom. The predicted molar refractivity (Wildman–Crippen MR) is 119 cm³/mol. The van der Waals surface area contributed by atoms with Gasteiger partial charge in [-0.25, -0.2) is 4.68 Å². The molecular weight excluding hydrogens is 374 g/mol. The van der Waals surface area contributed by atoms with Crippen molar-refractivity contribution < 1.29 is 4.79 Å². The maximum Gasteiger partial charge on any atom is 0.271 e. The summed E-state index contributed by atoms with van der Waals surface area (Å²) >= 11 is 0. The lowest BCUT2D eigenvalue weighted by Crippen LogP contribution is -2.36. The summed E-state index contributed by atoms with van der Waals surface area (Å²) in [5.74, 6) is -0.287. The fourth-order valence-corrected chi connectivity index (χ4v) is 3.51. The highest BCUT2D eigenvalue weighted by Gasteiger charge is 2.13. The molecule has 30 heavy (non-hydrogen) atoms. The van der Waals surface area contributed by atoms with E-state index in [9.17, 15) is 9.59 Å². The Balaban J connectivity index is 1.44. The Morgan fingerprint density at radius 3 is 2.43 bits per heavy atom. The van der Waals surface area contributed by atoms with Crippen molar-refractivity contribution in [2.75, 3.05) is 0 Å². The van der Waals surface area contributed by atoms with E-state index in [4.69, 9.17) is 0 Å². The Kier molecular flexibility index (Phi) is 5.70. The topological polar surface area (TPSA) is 64.0 Å². The second-order valence-corrected chi connectivity index (χ2v) is 7.46. The number of carbonyl (C=O) groups is 1. The van der Waals surface area contributed by atoms with Crippen LogP contribution in [0.1, 0.15) is 28.5 Å². The third-order valence-corrected chi connectivity index (χ3v) is 5.01. The summed E-state index contributed by atoms with van der Waals surface area (Å²) in [4.78, 5) is 24.8. The van der Waals surface area contributed by atoms with Crippen molar-refractivity contribution in [1.29, 1.82) is 0 Å². The third kappa shape index (κ3) is 4.63. The van der Waals surface area contributed by atoms with Crippen LogP contribution in [-0.4, -0.2) is 21.7 Å². The number of fused-ring (bicyclic) bond motifs is 1. The first-order chi connectivity index (χ1) is 14.6. The number of aromatic nitrogens is 2. The lowest BCUT2D eigenvalue weighted by molar-refractivity contribution is 0.0932. The first-order valence-corrected chi connectivity index (χ1v) is 9.99. The number of hydrogen-bond acceptors (Lipinski definition) is 3. The van der Waals surface area contributed by atoms with Crippen LogP contribution in [-0.2, 0) is 13.0 Å². The van der Waals surface area contributed by atoms with Gasteiger partial charge in [-0.1, -0.05) is 72.8 Å². The molecule has 1 atom stereocenters. The van der Waals surface area contributed by atoms with E-state index in [1.54, 1.807) is 0 Å². The average molecular weight is 397 g/mol. The van der Waals surface area contributed by atoms with Gasteiger partial charge in [0.05, 0.1) is 6.54 Å². The summed E-state index contributed by atoms with van der Waals surface area (Å²) < 4.78 is 1.32. The molecule has 0 aliphatic rings. The van der Waals surface area contributed by atoms with E-state index in [-0.39, 0.29) is 23.2 Å². The summed E-state index contributed by atoms with van der Waals surface area (Å²) in [6, 6.07) is 26.9. The summed E-state index contributed by atoms with van der Waals surface area (Å²) in [7, 11) is 0. The van der Waals surface area contributed by atoms with Crippen LogP contribution in [0.2, 0.25) is 0 Å². The molecule has 5 nitrogen and oxygen atoms in total. The summed E-state index contributed by atoms with van der Waals surface area (Å²) in [5.41, 5.74) is 2.10. The van der Waals surface area contributed by atoms with Gasteiger partial charge in [0.1, 0.15) is 5.69 Å². The maximum absolute atomic E-state index is 12.7. The van der Waals surface area contributed by atoms with Crippen molar-refractivity contribution in [3.63, 3.8) is 0 Å². The normalized spacial score (nSPS) is 11.9. The molecule has 0 radical (unpaired) electrons. The molecule has 0 saturated carbocycles. The molecule has 0 aliphatic heterocycles. The van der Waals surface area contributed by atoms with Crippen LogP contribution in [0, 0.1) is 0 Å². The first-order valence-electron chi connectivity index (χ1n) is 9.99. The standard InChI is InChI=1S/C25H23N3O2/c1-18(15-20-11-12-21-9-5-6-10-22(21)16-20)26-25(30)23-13-14-24(29)28(27-23)17-19-7-3-2-4-8-19/h2-14,16,18H,15,17H2,1H3,(H,26,30). The van der Waals surface area contributed by atoms with Gasteiger partial charge in [-0.05, 0) is 41.3 Å². The molecule has 1 N–H and O–H groups in total. The van der Waals surface area contributed by atoms with E-state index in [1.807, 2.05) is 49.4 Å². The zero-order valence-corrected chi connectivity index (χ0v) is 16.8. The quantitative estimate of drug-likeness (QED) is 0.538. The molecule has 0 saturated heterocycles. The minimum absolute atomic E-state index is 0.0741. The highest BCUT2D eigenvalue weighted by molar-refractivity contribution is 5.92. The van der Waals surface area contributed by atoms with Crippen molar-refractivity contribution in [2.45, 2.75) is 25.9 Å². The van der Waals surface area contributed by atoms with Crippen LogP contribution in [0.15, 0.2) is 89.7 Å². The van der Waals surface area contributed by atoms with Gasteiger partial charge in [0.2, 0.25) is 0 Å². The van der Waals surface area contributed by atoms with E-state index in [0.717, 1.165) is 11.1 Å². The lowest BCUT2D eigenvalue weighted by Gasteiger charge is -2.15. The van der Waals surface area contributed by atoms with Crippen molar-refractivity contribution in [3.8, 4) is 0 Å². The SMILES string of the molecule is CC(Cc1ccc2ccccc2c1)NC(=O)c1ccc(=O)n(Cc2ccccc2)n1. The summed E-state index contributed by atoms with van der Waals surface area (Å²) in [5, 5.41) is 9.63. The van der Waals surface area contributed by atoms with Gasteiger partial charge in [-0.15, -0.1) is 0 Å². The highest BCUT2D eigenvalue weighted by Crippen LogP contribution is 2.16. The zero-order valence-electron chi connectivity index (χ0n) is 16.8. The second kappa shape index (κ2) is 8.74. The molecule has 1 unspecified atom stereocenters. The number of hydrogen-bond donors (Lipinski definition) is 1. The van der Waals surface area contributed by atoms with Crippen molar-refractivity contribution >= 4 is 16.7 Å². The van der Waals surface area contributed by atoms with Crippen LogP contribution >= 0.6 is 0 Å². The number of carbonyl (C=O) groups excluding carboxylic acids is 1. The van der Waals surface area contributed by atoms with Gasteiger partial charge >= 0.3 is 0 Å². The number of nitrogens with one attached hydrogen (secondary N) is 1. The number of amides is 1. The van der Waals surface area contributed by atoms with Gasteiger partial charge in [0.25, 0.3) is 11.5 Å². The molecule has 0 spiro atoms. The van der Waals surface area contributed by atoms with E-state index < -0.39 is 0 Å². The van der Waals surface area contributed by atoms with E-state index >= 15 is 0 Å². The molecule has 0 bridgehead atoms. The first kappa shape index (κ1) is 19.6. The zero-order chi connectivity index (χ0) is 20.9. The van der Waals surface area contributed by atoms with Gasteiger partial charge in [0, 0.05) is 12.1 Å². The van der Waals surface area contributed by atoms with E-state index in [0.29, 0.717) is 13.0 Å². The molecule has 150 valence electrons. The fraction of sp³-hybridized carbons (Fsp3) is 0.160. The molecule has 4 rings (SSSR count). The lowest BCUT2D eigenvalue weighted by atomic mass is 10.0. The molecule has 0 aliphatic carbocycles. The summed E-state index contributed by atoms with van der Waals surface area (Å²) in [6.07, 6.45) is 0.709. The van der Waals surface area contributed by atoms with Crippen LogP contribution in [0.3, 0.4) is 0 Å². The fourth-order valence-electron chi connectivity index (χ4n) is 3.51. The van der Waals surface area contributed by atoms with Gasteiger partial charge in [0.15, 0.2) is 0 Å². The molecule has 1 heterocycles. The Labute approximate surface area is 175 Å². The molecular formula is C25H23N3O2. The van der Waals surface area contributed by atoms with Crippen molar-refractivity contribution in [1.82, 2.24) is 15.1 Å². The van der Waals surface area contributed by atoms with Crippen LogP contribution < -0.4 is 10.9 Å². The predicted octanol–water partition coefficient (Wildman–Crippen LogP) is 3.81. The molecule has 0 fully saturated rings. The number of benzene rings is 3. The van der Waals surface area contributed by atoms with E-state index in [1.165, 1.54) is 27.6 Å². The molecule has 5 heteroatoms. The second-order valence-electron chi connectivity index (χ2n) is 7.46. The number of rotatable bonds is 6. The summed E-state index contributed by atoms with van der Waals surface area (Å²) in [6.45, 7) is 2.29. The Morgan fingerprint density at radius 1 is 0.900 bits per heavy atom. The Hall–Kier alpha value is -3.73. The molecule has 1 amide bonds. The minimum Gasteiger partial charge on any atom is -0.348 e. The van der Waals surface area contributed by atoms with Gasteiger partial charge < -0.3 is 5.32 Å². The van der Waals surface area contributed by atoms with E-state index in [2.05, 4.69) is 40.7 Å². The van der Waals surface area contributed by atoms with Gasteiger partial charge in [-0.2, -0.15) is 5.10 Å². The van der Waals surface area contributed by atoms with Gasteiger partial charge in [-0.3, -0.25) is 9.59 Å². The monoisotopic (exact) mass is 397 g/mol. The van der Waals surface area contributed by atoms with Crippen LogP contribution in [0.25, 0.3) is 10.8 Å². The smallest absolute Gasteiger partial charge is 0.271 e. The molecule has 4 aromatic rings. The average Bonchev–Trinajstić information content (AvgIpc) is 2.76. The van der Waals surface area contributed by atoms with Crippen LogP contribution in [0.5, 0.6) is 0 Å². The molecule has 3 aromatic carbocycles. The highest BCUT2D eigenvalue weighted by atomic mass is 16.2. The molecule has 1 aromatic heterocycles. The van der Waals surface area contributed by atoms with Crippen molar-refractivity contribution in [2.24, 2.45) is 0 Å². The Bertz CT molecular complexity index is 1230. The van der Waals surface area contributed by atoms with Crippen molar-refractivity contribution in [3.05, 3.63) is 112 Å². The maximum atomic E-state index is 12.7. The largest absolute Gasteiger partial charge is 0.348 e. The number of nitrogens with zero attached hydrogens (tertiary/aromatic N) is 2. The third-order valence-electron chi connectivity index (χ3n) is 5.01.